The van der Waals surface area contributed by atoms with Crippen LogP contribution in [0.1, 0.15) is 33.0 Å². The lowest BCUT2D eigenvalue weighted by Crippen LogP contribution is -2.39. The number of fused-ring (bicyclic) bond motifs is 2. The van der Waals surface area contributed by atoms with Crippen LogP contribution >= 0.6 is 11.3 Å². The average molecular weight is 454 g/mol. The van der Waals surface area contributed by atoms with Gasteiger partial charge in [-0.15, -0.1) is 11.3 Å². The fraction of sp³-hybridized carbons (Fsp3) is 0.455. The van der Waals surface area contributed by atoms with Crippen molar-refractivity contribution in [3.8, 4) is 0 Å². The van der Waals surface area contributed by atoms with Gasteiger partial charge in [0.15, 0.2) is 0 Å². The van der Waals surface area contributed by atoms with E-state index < -0.39 is 0 Å². The fourth-order valence-electron chi connectivity index (χ4n) is 4.49. The van der Waals surface area contributed by atoms with Crippen LogP contribution in [0.4, 0.5) is 11.6 Å². The van der Waals surface area contributed by atoms with Gasteiger partial charge in [0.05, 0.1) is 17.8 Å². The summed E-state index contributed by atoms with van der Waals surface area (Å²) in [4.78, 5) is 30.2. The Balaban J connectivity index is 1.28. The predicted molar refractivity (Wildman–Crippen MR) is 125 cm³/mol. The van der Waals surface area contributed by atoms with E-state index in [1.54, 1.807) is 7.11 Å². The number of hydrogen-bond donors (Lipinski definition) is 3. The highest BCUT2D eigenvalue weighted by molar-refractivity contribution is 7.21. The number of carbonyl (C=O) groups excluding carboxylic acids is 1. The molecule has 0 bridgehead atoms. The first-order valence-electron chi connectivity index (χ1n) is 10.8. The summed E-state index contributed by atoms with van der Waals surface area (Å²) in [5, 5.41) is 3.98. The second kappa shape index (κ2) is 8.27. The molecule has 0 radical (unpaired) electrons. The number of nitrogens with one attached hydrogen (secondary N) is 1. The first-order valence-corrected chi connectivity index (χ1v) is 11.6. The topological polar surface area (TPSA) is 132 Å². The number of methoxy groups -OCH3 is 1. The zero-order chi connectivity index (χ0) is 22.4. The van der Waals surface area contributed by atoms with E-state index in [1.807, 2.05) is 25.3 Å². The van der Waals surface area contributed by atoms with Gasteiger partial charge in [0.2, 0.25) is 5.95 Å². The average Bonchev–Trinajstić information content (AvgIpc) is 3.32. The summed E-state index contributed by atoms with van der Waals surface area (Å²) < 4.78 is 5.43. The maximum absolute atomic E-state index is 12.9. The Labute approximate surface area is 190 Å². The van der Waals surface area contributed by atoms with Crippen molar-refractivity contribution in [3.63, 3.8) is 0 Å². The van der Waals surface area contributed by atoms with Crippen LogP contribution in [-0.2, 0) is 17.6 Å². The van der Waals surface area contributed by atoms with E-state index in [0.29, 0.717) is 36.0 Å². The molecule has 0 spiro atoms. The molecule has 168 valence electrons. The summed E-state index contributed by atoms with van der Waals surface area (Å²) in [5.41, 5.74) is 15.9. The Morgan fingerprint density at radius 3 is 2.94 bits per heavy atom. The highest BCUT2D eigenvalue weighted by atomic mass is 32.1. The van der Waals surface area contributed by atoms with Crippen molar-refractivity contribution < 1.29 is 9.53 Å². The quantitative estimate of drug-likeness (QED) is 0.540. The number of amides is 1. The molecular formula is C22H27N7O2S. The molecule has 5 rings (SSSR count). The standard InChI is InChI=1S/C22H27N7O2S/c1-11-3-5-14-18(24)19(32-21(14)26-11)20(30)27-13-4-6-16-12(7-13)8-25-22(28-16)29-9-15(23)17(10-29)31-2/h3,5,8,13,15,17H,4,6-7,9-10,23-24H2,1-2H3,(H,27,30)/t13-,15+,17+/m1/s1. The van der Waals surface area contributed by atoms with E-state index in [9.17, 15) is 4.79 Å². The summed E-state index contributed by atoms with van der Waals surface area (Å²) in [6.45, 7) is 3.30. The molecule has 9 nitrogen and oxygen atoms in total. The molecule has 0 saturated carbocycles. The van der Waals surface area contributed by atoms with Crippen LogP contribution in [0.3, 0.4) is 0 Å². The van der Waals surface area contributed by atoms with Crippen LogP contribution in [0.25, 0.3) is 10.2 Å². The number of hydrogen-bond acceptors (Lipinski definition) is 9. The minimum absolute atomic E-state index is 0.00493. The lowest BCUT2D eigenvalue weighted by atomic mass is 9.93. The van der Waals surface area contributed by atoms with E-state index >= 15 is 0 Å². The van der Waals surface area contributed by atoms with Crippen LogP contribution < -0.4 is 21.7 Å². The third kappa shape index (κ3) is 3.78. The second-order valence-corrected chi connectivity index (χ2v) is 9.55. The summed E-state index contributed by atoms with van der Waals surface area (Å²) in [7, 11) is 1.68. The highest BCUT2D eigenvalue weighted by Crippen LogP contribution is 2.33. The number of anilines is 2. The van der Waals surface area contributed by atoms with Gasteiger partial charge in [0.25, 0.3) is 5.91 Å². The molecule has 0 aromatic carbocycles. The molecular weight excluding hydrogens is 426 g/mol. The Morgan fingerprint density at radius 2 is 2.16 bits per heavy atom. The maximum atomic E-state index is 12.9. The predicted octanol–water partition coefficient (Wildman–Crippen LogP) is 1.43. The molecule has 0 unspecified atom stereocenters. The van der Waals surface area contributed by atoms with Crippen LogP contribution in [0.5, 0.6) is 0 Å². The normalized spacial score (nSPS) is 22.8. The lowest BCUT2D eigenvalue weighted by Gasteiger charge is -2.26. The molecule has 1 amide bonds. The third-order valence-corrected chi connectivity index (χ3v) is 7.42. The van der Waals surface area contributed by atoms with Gasteiger partial charge in [-0.2, -0.15) is 0 Å². The number of nitrogen functional groups attached to an aromatic ring is 1. The Kier molecular flexibility index (Phi) is 5.44. The van der Waals surface area contributed by atoms with Gasteiger partial charge < -0.3 is 26.4 Å². The Bertz CT molecular complexity index is 1180. The van der Waals surface area contributed by atoms with E-state index in [-0.39, 0.29) is 24.1 Å². The van der Waals surface area contributed by atoms with Crippen LogP contribution in [-0.4, -0.2) is 59.2 Å². The largest absolute Gasteiger partial charge is 0.397 e. The van der Waals surface area contributed by atoms with E-state index in [1.165, 1.54) is 11.3 Å². The molecule has 5 N–H and O–H groups in total. The van der Waals surface area contributed by atoms with E-state index in [0.717, 1.165) is 40.0 Å². The molecule has 1 aliphatic carbocycles. The second-order valence-electron chi connectivity index (χ2n) is 8.55. The van der Waals surface area contributed by atoms with Crippen molar-refractivity contribution in [2.45, 2.75) is 44.4 Å². The molecule has 3 atom stereocenters. The van der Waals surface area contributed by atoms with E-state index in [4.69, 9.17) is 21.2 Å². The third-order valence-electron chi connectivity index (χ3n) is 6.31. The first-order chi connectivity index (χ1) is 15.4. The number of aryl methyl sites for hydroxylation is 2. The number of thiophene rings is 1. The SMILES string of the molecule is CO[C@H]1CN(c2ncc3c(n2)CC[C@@H](NC(=O)c2sc4nc(C)ccc4c2N)C3)C[C@@H]1N. The fourth-order valence-corrected chi connectivity index (χ4v) is 5.54. The monoisotopic (exact) mass is 453 g/mol. The van der Waals surface area contributed by atoms with Crippen molar-refractivity contribution >= 4 is 39.1 Å². The molecule has 4 heterocycles. The highest BCUT2D eigenvalue weighted by Gasteiger charge is 2.32. The Morgan fingerprint density at radius 1 is 1.31 bits per heavy atom. The number of aromatic nitrogens is 3. The van der Waals surface area contributed by atoms with Crippen LogP contribution in [0.15, 0.2) is 18.3 Å². The Hall–Kier alpha value is -2.82. The van der Waals surface area contributed by atoms with Crippen molar-refractivity contribution in [3.05, 3.63) is 40.2 Å². The van der Waals surface area contributed by atoms with Gasteiger partial charge in [-0.25, -0.2) is 15.0 Å². The van der Waals surface area contributed by atoms with Crippen molar-refractivity contribution in [2.24, 2.45) is 5.73 Å². The number of carbonyl (C=O) groups is 1. The van der Waals surface area contributed by atoms with Crippen LogP contribution in [0.2, 0.25) is 0 Å². The zero-order valence-corrected chi connectivity index (χ0v) is 19.0. The van der Waals surface area contributed by atoms with Crippen molar-refractivity contribution in [1.82, 2.24) is 20.3 Å². The van der Waals surface area contributed by atoms with Gasteiger partial charge in [-0.1, -0.05) is 0 Å². The molecule has 3 aromatic heterocycles. The van der Waals surface area contributed by atoms with Crippen molar-refractivity contribution in [1.29, 1.82) is 0 Å². The van der Waals surface area contributed by atoms with Gasteiger partial charge in [0, 0.05) is 49.2 Å². The van der Waals surface area contributed by atoms with Crippen LogP contribution in [0, 0.1) is 6.92 Å². The van der Waals surface area contributed by atoms with Gasteiger partial charge in [-0.3, -0.25) is 4.79 Å². The van der Waals surface area contributed by atoms with E-state index in [2.05, 4.69) is 20.2 Å². The first kappa shape index (κ1) is 21.0. The molecule has 2 aliphatic rings. The number of pyridine rings is 1. The summed E-state index contributed by atoms with van der Waals surface area (Å²) in [6.07, 6.45) is 4.17. The number of nitrogens with two attached hydrogens (primary N) is 2. The number of ether oxygens (including phenoxy) is 1. The number of rotatable bonds is 4. The maximum Gasteiger partial charge on any atom is 0.263 e. The molecule has 1 aliphatic heterocycles. The number of nitrogens with zero attached hydrogens (tertiary/aromatic N) is 4. The van der Waals surface area contributed by atoms with Gasteiger partial charge in [0.1, 0.15) is 9.71 Å². The van der Waals surface area contributed by atoms with Crippen molar-refractivity contribution in [2.75, 3.05) is 30.8 Å². The van der Waals surface area contributed by atoms with Gasteiger partial charge in [-0.05, 0) is 43.9 Å². The molecule has 3 aromatic rings. The molecule has 10 heteroatoms. The summed E-state index contributed by atoms with van der Waals surface area (Å²) in [6, 6.07) is 3.81. The molecule has 32 heavy (non-hydrogen) atoms. The minimum Gasteiger partial charge on any atom is -0.397 e. The summed E-state index contributed by atoms with van der Waals surface area (Å²) in [5.74, 6) is 0.549. The minimum atomic E-state index is -0.147. The smallest absolute Gasteiger partial charge is 0.263 e. The molecule has 1 fully saturated rings. The van der Waals surface area contributed by atoms with Gasteiger partial charge >= 0.3 is 0 Å². The summed E-state index contributed by atoms with van der Waals surface area (Å²) >= 11 is 1.34. The lowest BCUT2D eigenvalue weighted by molar-refractivity contribution is 0.0938. The molecule has 1 saturated heterocycles. The zero-order valence-electron chi connectivity index (χ0n) is 18.2.